The Hall–Kier alpha value is -0.0400. The molecule has 1 atom stereocenters. The molecule has 0 saturated carbocycles. The van der Waals surface area contributed by atoms with Gasteiger partial charge < -0.3 is 4.74 Å². The molecular formula is C13H28O. The SMILES string of the molecule is CCC1CCCCO1.CCCCCC. The average molecular weight is 200 g/mol. The minimum Gasteiger partial charge on any atom is -0.378 e. The van der Waals surface area contributed by atoms with Crippen LogP contribution in [0, 0.1) is 0 Å². The van der Waals surface area contributed by atoms with Crippen LogP contribution in [0.2, 0.25) is 0 Å². The van der Waals surface area contributed by atoms with Gasteiger partial charge in [0.1, 0.15) is 0 Å². The molecule has 0 aromatic carbocycles. The van der Waals surface area contributed by atoms with E-state index in [9.17, 15) is 0 Å². The summed E-state index contributed by atoms with van der Waals surface area (Å²) >= 11 is 0. The van der Waals surface area contributed by atoms with Crippen LogP contribution in [0.15, 0.2) is 0 Å². The van der Waals surface area contributed by atoms with Gasteiger partial charge in [-0.2, -0.15) is 0 Å². The zero-order chi connectivity index (χ0) is 10.6. The third-order valence-electron chi connectivity index (χ3n) is 2.69. The summed E-state index contributed by atoms with van der Waals surface area (Å²) in [6.45, 7) is 7.65. The monoisotopic (exact) mass is 200 g/mol. The standard InChI is InChI=1S/C7H14O.C6H14/c1-2-7-5-3-4-6-8-7;1-3-5-6-4-2/h7H,2-6H2,1H3;3-6H2,1-2H3. The van der Waals surface area contributed by atoms with Crippen LogP contribution >= 0.6 is 0 Å². The molecule has 0 aromatic rings. The Morgan fingerprint density at radius 2 is 1.64 bits per heavy atom. The molecule has 0 bridgehead atoms. The minimum absolute atomic E-state index is 0.587. The Labute approximate surface area is 90.2 Å². The summed E-state index contributed by atoms with van der Waals surface area (Å²) in [5.41, 5.74) is 0. The number of rotatable bonds is 4. The van der Waals surface area contributed by atoms with Gasteiger partial charge in [-0.05, 0) is 25.7 Å². The van der Waals surface area contributed by atoms with Crippen LogP contribution in [0.5, 0.6) is 0 Å². The lowest BCUT2D eigenvalue weighted by Crippen LogP contribution is -2.17. The van der Waals surface area contributed by atoms with Crippen molar-refractivity contribution in [1.82, 2.24) is 0 Å². The number of ether oxygens (including phenoxy) is 1. The molecule has 1 heteroatoms. The second kappa shape index (κ2) is 11.0. The van der Waals surface area contributed by atoms with Crippen molar-refractivity contribution in [2.24, 2.45) is 0 Å². The van der Waals surface area contributed by atoms with Crippen molar-refractivity contribution in [3.63, 3.8) is 0 Å². The molecule has 1 nitrogen and oxygen atoms in total. The van der Waals surface area contributed by atoms with Crippen molar-refractivity contribution in [3.05, 3.63) is 0 Å². The fourth-order valence-electron chi connectivity index (χ4n) is 1.63. The van der Waals surface area contributed by atoms with E-state index in [4.69, 9.17) is 4.74 Å². The highest BCUT2D eigenvalue weighted by Crippen LogP contribution is 2.14. The predicted molar refractivity (Wildman–Crippen MR) is 63.7 cm³/mol. The summed E-state index contributed by atoms with van der Waals surface area (Å²) in [7, 11) is 0. The Morgan fingerprint density at radius 1 is 1.00 bits per heavy atom. The van der Waals surface area contributed by atoms with Gasteiger partial charge in [-0.15, -0.1) is 0 Å². The van der Waals surface area contributed by atoms with E-state index in [0.717, 1.165) is 6.61 Å². The van der Waals surface area contributed by atoms with Gasteiger partial charge in [0, 0.05) is 6.61 Å². The van der Waals surface area contributed by atoms with Crippen LogP contribution in [0.1, 0.15) is 72.1 Å². The summed E-state index contributed by atoms with van der Waals surface area (Å²) < 4.78 is 5.43. The molecule has 1 unspecified atom stereocenters. The molecule has 0 radical (unpaired) electrons. The Balaban J connectivity index is 0.000000255. The maximum absolute atomic E-state index is 5.43. The summed E-state index contributed by atoms with van der Waals surface area (Å²) in [6, 6.07) is 0. The van der Waals surface area contributed by atoms with Crippen molar-refractivity contribution in [1.29, 1.82) is 0 Å². The van der Waals surface area contributed by atoms with E-state index in [2.05, 4.69) is 20.8 Å². The van der Waals surface area contributed by atoms with E-state index in [1.807, 2.05) is 0 Å². The molecule has 1 aliphatic heterocycles. The first kappa shape index (κ1) is 14.0. The first-order chi connectivity index (χ1) is 6.85. The highest BCUT2D eigenvalue weighted by Gasteiger charge is 2.09. The largest absolute Gasteiger partial charge is 0.378 e. The summed E-state index contributed by atoms with van der Waals surface area (Å²) in [5.74, 6) is 0. The second-order valence-electron chi connectivity index (χ2n) is 4.10. The molecule has 0 aliphatic carbocycles. The molecule has 86 valence electrons. The van der Waals surface area contributed by atoms with Gasteiger partial charge in [0.15, 0.2) is 0 Å². The fourth-order valence-corrected chi connectivity index (χ4v) is 1.63. The fraction of sp³-hybridized carbons (Fsp3) is 1.00. The normalized spacial score (nSPS) is 21.2. The van der Waals surface area contributed by atoms with Gasteiger partial charge in [-0.1, -0.05) is 46.5 Å². The van der Waals surface area contributed by atoms with Gasteiger partial charge in [-0.3, -0.25) is 0 Å². The first-order valence-electron chi connectivity index (χ1n) is 6.46. The van der Waals surface area contributed by atoms with Crippen LogP contribution in [0.4, 0.5) is 0 Å². The van der Waals surface area contributed by atoms with Crippen molar-refractivity contribution in [2.75, 3.05) is 6.61 Å². The highest BCUT2D eigenvalue weighted by molar-refractivity contribution is 4.60. The third-order valence-corrected chi connectivity index (χ3v) is 2.69. The van der Waals surface area contributed by atoms with E-state index < -0.39 is 0 Å². The van der Waals surface area contributed by atoms with Gasteiger partial charge in [0.05, 0.1) is 6.10 Å². The highest BCUT2D eigenvalue weighted by atomic mass is 16.5. The zero-order valence-electron chi connectivity index (χ0n) is 10.3. The van der Waals surface area contributed by atoms with E-state index >= 15 is 0 Å². The molecule has 0 aromatic heterocycles. The van der Waals surface area contributed by atoms with Crippen LogP contribution in [0.3, 0.4) is 0 Å². The van der Waals surface area contributed by atoms with Crippen molar-refractivity contribution < 1.29 is 4.74 Å². The smallest absolute Gasteiger partial charge is 0.0572 e. The van der Waals surface area contributed by atoms with E-state index in [1.54, 1.807) is 0 Å². The zero-order valence-corrected chi connectivity index (χ0v) is 10.3. The number of hydrogen-bond acceptors (Lipinski definition) is 1. The summed E-state index contributed by atoms with van der Waals surface area (Å²) in [4.78, 5) is 0. The molecule has 1 saturated heterocycles. The Kier molecular flexibility index (Phi) is 11.0. The third kappa shape index (κ3) is 8.55. The van der Waals surface area contributed by atoms with Gasteiger partial charge in [0.25, 0.3) is 0 Å². The minimum atomic E-state index is 0.587. The molecule has 0 spiro atoms. The van der Waals surface area contributed by atoms with Gasteiger partial charge >= 0.3 is 0 Å². The molecule has 0 N–H and O–H groups in total. The van der Waals surface area contributed by atoms with E-state index in [0.29, 0.717) is 6.10 Å². The quantitative estimate of drug-likeness (QED) is 0.605. The molecule has 0 amide bonds. The number of hydrogen-bond donors (Lipinski definition) is 0. The topological polar surface area (TPSA) is 9.23 Å². The lowest BCUT2D eigenvalue weighted by atomic mass is 10.1. The predicted octanol–water partition coefficient (Wildman–Crippen LogP) is 4.55. The van der Waals surface area contributed by atoms with Crippen LogP contribution in [-0.4, -0.2) is 12.7 Å². The van der Waals surface area contributed by atoms with Crippen molar-refractivity contribution in [2.45, 2.75) is 78.2 Å². The maximum atomic E-state index is 5.43. The first-order valence-corrected chi connectivity index (χ1v) is 6.46. The van der Waals surface area contributed by atoms with E-state index in [1.165, 1.54) is 51.4 Å². The lowest BCUT2D eigenvalue weighted by Gasteiger charge is -2.20. The van der Waals surface area contributed by atoms with Crippen LogP contribution < -0.4 is 0 Å². The van der Waals surface area contributed by atoms with E-state index in [-0.39, 0.29) is 0 Å². The molecule has 1 aliphatic rings. The molecule has 1 rings (SSSR count). The van der Waals surface area contributed by atoms with Crippen LogP contribution in [0.25, 0.3) is 0 Å². The Bertz CT molecular complexity index is 91.4. The van der Waals surface area contributed by atoms with Gasteiger partial charge in [0.2, 0.25) is 0 Å². The van der Waals surface area contributed by atoms with Gasteiger partial charge in [-0.25, -0.2) is 0 Å². The van der Waals surface area contributed by atoms with Crippen LogP contribution in [-0.2, 0) is 4.74 Å². The molecule has 1 heterocycles. The maximum Gasteiger partial charge on any atom is 0.0572 e. The summed E-state index contributed by atoms with van der Waals surface area (Å²) in [6.07, 6.45) is 11.3. The van der Waals surface area contributed by atoms with Crippen molar-refractivity contribution >= 4 is 0 Å². The Morgan fingerprint density at radius 3 is 1.93 bits per heavy atom. The molecule has 1 fully saturated rings. The number of unbranched alkanes of at least 4 members (excludes halogenated alkanes) is 3. The molecule has 14 heavy (non-hydrogen) atoms. The summed E-state index contributed by atoms with van der Waals surface area (Å²) in [5, 5.41) is 0. The molecular weight excluding hydrogens is 172 g/mol. The lowest BCUT2D eigenvalue weighted by molar-refractivity contribution is 0.0143. The average Bonchev–Trinajstić information content (AvgIpc) is 2.28. The second-order valence-corrected chi connectivity index (χ2v) is 4.10. The van der Waals surface area contributed by atoms with Crippen molar-refractivity contribution in [3.8, 4) is 0 Å².